The highest BCUT2D eigenvalue weighted by molar-refractivity contribution is 6.44. The Bertz CT molecular complexity index is 931. The lowest BCUT2D eigenvalue weighted by Gasteiger charge is -2.23. The Morgan fingerprint density at radius 1 is 1.22 bits per heavy atom. The van der Waals surface area contributed by atoms with Gasteiger partial charge in [0, 0.05) is 29.5 Å². The average molecular weight is 459 g/mol. The molecule has 1 aromatic heterocycles. The summed E-state index contributed by atoms with van der Waals surface area (Å²) in [5.74, 6) is -0.246. The van der Waals surface area contributed by atoms with Crippen molar-refractivity contribution in [3.8, 4) is 0 Å². The van der Waals surface area contributed by atoms with E-state index in [0.717, 1.165) is 37.7 Å². The quantitative estimate of drug-likeness (QED) is 0.261. The van der Waals surface area contributed by atoms with E-state index < -0.39 is 5.78 Å². The first-order valence-electron chi connectivity index (χ1n) is 11.5. The van der Waals surface area contributed by atoms with Crippen molar-refractivity contribution in [1.82, 2.24) is 4.98 Å². The zero-order chi connectivity index (χ0) is 23.8. The van der Waals surface area contributed by atoms with Crippen molar-refractivity contribution in [2.75, 3.05) is 5.32 Å². The predicted molar refractivity (Wildman–Crippen MR) is 130 cm³/mol. The van der Waals surface area contributed by atoms with Gasteiger partial charge in [-0.05, 0) is 69.1 Å². The molecule has 6 heteroatoms. The Labute approximate surface area is 196 Å². The molecule has 0 aromatic carbocycles. The summed E-state index contributed by atoms with van der Waals surface area (Å²) < 4.78 is 0. The number of rotatable bonds is 9. The summed E-state index contributed by atoms with van der Waals surface area (Å²) in [5, 5.41) is 3.15. The van der Waals surface area contributed by atoms with Crippen molar-refractivity contribution in [3.05, 3.63) is 45.8 Å². The highest BCUT2D eigenvalue weighted by atomic mass is 35.5. The van der Waals surface area contributed by atoms with E-state index in [-0.39, 0.29) is 29.2 Å². The number of nitrogens with zero attached hydrogens (tertiary/aromatic N) is 1. The van der Waals surface area contributed by atoms with Crippen LogP contribution in [-0.2, 0) is 14.4 Å². The molecule has 0 fully saturated rings. The lowest BCUT2D eigenvalue weighted by Crippen LogP contribution is -2.24. The van der Waals surface area contributed by atoms with Crippen LogP contribution in [0.25, 0.3) is 0 Å². The fourth-order valence-electron chi connectivity index (χ4n) is 4.08. The number of unbranched alkanes of at least 4 members (excludes halogenated alkanes) is 1. The number of nitrogens with one attached hydrogen (secondary N) is 1. The first-order chi connectivity index (χ1) is 15.1. The molecule has 2 rings (SSSR count). The third-order valence-corrected chi connectivity index (χ3v) is 6.20. The zero-order valence-corrected chi connectivity index (χ0v) is 20.6. The third-order valence-electron chi connectivity index (χ3n) is 5.99. The summed E-state index contributed by atoms with van der Waals surface area (Å²) in [7, 11) is 0. The fourth-order valence-corrected chi connectivity index (χ4v) is 4.26. The van der Waals surface area contributed by atoms with Crippen LogP contribution in [0.2, 0.25) is 5.15 Å². The van der Waals surface area contributed by atoms with Crippen molar-refractivity contribution < 1.29 is 14.4 Å². The molecular weight excluding hydrogens is 424 g/mol. The Balaban J connectivity index is 2.29. The Morgan fingerprint density at radius 3 is 2.59 bits per heavy atom. The second kappa shape index (κ2) is 12.1. The van der Waals surface area contributed by atoms with Gasteiger partial charge in [0.05, 0.1) is 0 Å². The van der Waals surface area contributed by atoms with E-state index in [1.807, 2.05) is 6.92 Å². The second-order valence-corrected chi connectivity index (χ2v) is 9.71. The van der Waals surface area contributed by atoms with E-state index in [9.17, 15) is 14.4 Å². The van der Waals surface area contributed by atoms with Gasteiger partial charge in [-0.15, -0.1) is 0 Å². The number of carbonyl (C=O) groups excluding carboxylic acids is 3. The van der Waals surface area contributed by atoms with Crippen LogP contribution in [0, 0.1) is 11.8 Å². The molecule has 1 aliphatic carbocycles. The second-order valence-electron chi connectivity index (χ2n) is 9.32. The van der Waals surface area contributed by atoms with E-state index in [0.29, 0.717) is 34.7 Å². The molecule has 0 saturated carbocycles. The minimum Gasteiger partial charge on any atom is -0.322 e. The highest BCUT2D eigenvalue weighted by Crippen LogP contribution is 2.32. The number of ketones is 2. The van der Waals surface area contributed by atoms with Gasteiger partial charge >= 0.3 is 0 Å². The van der Waals surface area contributed by atoms with E-state index in [4.69, 9.17) is 11.6 Å². The molecule has 1 amide bonds. The van der Waals surface area contributed by atoms with Gasteiger partial charge < -0.3 is 5.32 Å². The normalized spacial score (nSPS) is 21.8. The minimum absolute atomic E-state index is 0.260. The van der Waals surface area contributed by atoms with Gasteiger partial charge in [0.15, 0.2) is 0 Å². The number of hydrogen-bond donors (Lipinski definition) is 1. The monoisotopic (exact) mass is 458 g/mol. The highest BCUT2D eigenvalue weighted by Gasteiger charge is 2.28. The lowest BCUT2D eigenvalue weighted by atomic mass is 9.82. The standard InChI is InChI=1S/C26H35ClN2O3/c1-16(2)8-6-7-9-22(30)25(31)21-14-17(3)10-11-18(4)24(19(21)5)26(32)29-20-12-13-28-23(27)15-20/h12-13,15-17H,6-11,14H2,1-5H3,(H,28,29,32)/b21-19+,24-18+. The lowest BCUT2D eigenvalue weighted by molar-refractivity contribution is -0.134. The number of Topliss-reactive ketones (excluding diaryl/α,β-unsaturated/α-hetero) is 2. The van der Waals surface area contributed by atoms with Gasteiger partial charge in [0.1, 0.15) is 5.15 Å². The maximum Gasteiger partial charge on any atom is 0.255 e. The first kappa shape index (κ1) is 26.0. The number of amides is 1. The van der Waals surface area contributed by atoms with E-state index in [1.165, 1.54) is 6.20 Å². The topological polar surface area (TPSA) is 76.1 Å². The van der Waals surface area contributed by atoms with Gasteiger partial charge in [-0.2, -0.15) is 0 Å². The number of aromatic nitrogens is 1. The van der Waals surface area contributed by atoms with Gasteiger partial charge in [-0.1, -0.05) is 50.8 Å². The number of pyridine rings is 1. The van der Waals surface area contributed by atoms with E-state index in [1.54, 1.807) is 19.1 Å². The summed E-state index contributed by atoms with van der Waals surface area (Å²) in [6.07, 6.45) is 6.62. The smallest absolute Gasteiger partial charge is 0.255 e. The van der Waals surface area contributed by atoms with Crippen LogP contribution < -0.4 is 5.32 Å². The molecule has 32 heavy (non-hydrogen) atoms. The average Bonchev–Trinajstić information content (AvgIpc) is 2.72. The molecule has 1 aromatic rings. The number of carbonyl (C=O) groups is 3. The molecule has 1 unspecified atom stereocenters. The molecule has 1 aliphatic rings. The summed E-state index contributed by atoms with van der Waals surface area (Å²) in [5.41, 5.74) is 3.02. The van der Waals surface area contributed by atoms with Crippen LogP contribution in [0.4, 0.5) is 5.69 Å². The summed E-state index contributed by atoms with van der Waals surface area (Å²) >= 11 is 5.94. The predicted octanol–water partition coefficient (Wildman–Crippen LogP) is 6.48. The first-order valence-corrected chi connectivity index (χ1v) is 11.9. The van der Waals surface area contributed by atoms with Gasteiger partial charge in [-0.25, -0.2) is 4.98 Å². The molecule has 0 radical (unpaired) electrons. The van der Waals surface area contributed by atoms with Gasteiger partial charge in [0.2, 0.25) is 11.6 Å². The van der Waals surface area contributed by atoms with Crippen LogP contribution >= 0.6 is 11.6 Å². The summed E-state index contributed by atoms with van der Waals surface area (Å²) in [4.78, 5) is 43.0. The SMILES string of the molecule is C/C1=C(C(=O)Nc2ccnc(Cl)c2)/C(C)=C(/C(=O)C(=O)CCCCC(C)C)CC(C)CC1. The largest absolute Gasteiger partial charge is 0.322 e. The molecule has 174 valence electrons. The van der Waals surface area contributed by atoms with Gasteiger partial charge in [0.25, 0.3) is 5.91 Å². The van der Waals surface area contributed by atoms with Gasteiger partial charge in [-0.3, -0.25) is 14.4 Å². The molecule has 1 N–H and O–H groups in total. The minimum atomic E-state index is -0.439. The van der Waals surface area contributed by atoms with Crippen molar-refractivity contribution in [1.29, 1.82) is 0 Å². The maximum atomic E-state index is 13.2. The van der Waals surface area contributed by atoms with E-state index >= 15 is 0 Å². The molecular formula is C26H35ClN2O3. The number of anilines is 1. The van der Waals surface area contributed by atoms with Crippen molar-refractivity contribution in [3.63, 3.8) is 0 Å². The van der Waals surface area contributed by atoms with E-state index in [2.05, 4.69) is 31.1 Å². The molecule has 0 spiro atoms. The molecule has 0 aliphatic heterocycles. The van der Waals surface area contributed by atoms with Crippen LogP contribution in [0.15, 0.2) is 40.6 Å². The third kappa shape index (κ3) is 7.40. The maximum absolute atomic E-state index is 13.2. The molecule has 0 saturated heterocycles. The number of allylic oxidation sites excluding steroid dienone is 2. The van der Waals surface area contributed by atoms with Crippen LogP contribution in [0.1, 0.15) is 79.6 Å². The molecule has 1 atom stereocenters. The van der Waals surface area contributed by atoms with Crippen LogP contribution in [0.5, 0.6) is 0 Å². The summed E-state index contributed by atoms with van der Waals surface area (Å²) in [6, 6.07) is 3.24. The molecule has 5 nitrogen and oxygen atoms in total. The Morgan fingerprint density at radius 2 is 1.94 bits per heavy atom. The van der Waals surface area contributed by atoms with Crippen LogP contribution in [0.3, 0.4) is 0 Å². The van der Waals surface area contributed by atoms with Crippen LogP contribution in [-0.4, -0.2) is 22.5 Å². The zero-order valence-electron chi connectivity index (χ0n) is 19.9. The number of halogens is 1. The molecule has 0 bridgehead atoms. The molecule has 1 heterocycles. The van der Waals surface area contributed by atoms with Crippen molar-refractivity contribution >= 4 is 34.8 Å². The summed E-state index contributed by atoms with van der Waals surface area (Å²) in [6.45, 7) is 10.1. The fraction of sp³-hybridized carbons (Fsp3) is 0.538. The van der Waals surface area contributed by atoms with Crippen molar-refractivity contribution in [2.24, 2.45) is 11.8 Å². The van der Waals surface area contributed by atoms with Crippen molar-refractivity contribution in [2.45, 2.75) is 79.6 Å². The Hall–Kier alpha value is -2.27. The Kier molecular flexibility index (Phi) is 9.83. The number of hydrogen-bond acceptors (Lipinski definition) is 4.